The number of hydrogen-bond acceptors (Lipinski definition) is 6. The third-order valence-electron chi connectivity index (χ3n) is 5.30. The molecule has 1 saturated heterocycles. The van der Waals surface area contributed by atoms with E-state index >= 15 is 0 Å². The second kappa shape index (κ2) is 8.37. The van der Waals surface area contributed by atoms with Crippen molar-refractivity contribution in [2.75, 3.05) is 20.2 Å². The molecule has 0 aliphatic carbocycles. The number of rotatable bonds is 5. The normalized spacial score (nSPS) is 16.0. The van der Waals surface area contributed by atoms with Crippen LogP contribution in [0.3, 0.4) is 0 Å². The molecule has 30 heavy (non-hydrogen) atoms. The van der Waals surface area contributed by atoms with Gasteiger partial charge in [0.05, 0.1) is 17.7 Å². The van der Waals surface area contributed by atoms with E-state index in [4.69, 9.17) is 20.8 Å². The van der Waals surface area contributed by atoms with Gasteiger partial charge in [0.15, 0.2) is 0 Å². The van der Waals surface area contributed by atoms with Crippen molar-refractivity contribution in [3.05, 3.63) is 47.5 Å². The summed E-state index contributed by atoms with van der Waals surface area (Å²) in [6.07, 6.45) is 1.67. The summed E-state index contributed by atoms with van der Waals surface area (Å²) >= 11 is 6.27. The smallest absolute Gasteiger partial charge is 0.251 e. The molecule has 0 spiro atoms. The molecule has 158 valence electrons. The van der Waals surface area contributed by atoms with Crippen LogP contribution in [0.2, 0.25) is 5.02 Å². The molecule has 1 aliphatic rings. The fraction of sp³-hybridized carbons (Fsp3) is 0.333. The zero-order valence-electron chi connectivity index (χ0n) is 16.7. The molecule has 2 heterocycles. The zero-order chi connectivity index (χ0) is 21.3. The van der Waals surface area contributed by atoms with Crippen molar-refractivity contribution < 1.29 is 17.6 Å². The molecule has 9 heteroatoms. The van der Waals surface area contributed by atoms with E-state index in [1.807, 2.05) is 18.2 Å². The van der Waals surface area contributed by atoms with E-state index in [-0.39, 0.29) is 21.7 Å². The Morgan fingerprint density at radius 1 is 1.10 bits per heavy atom. The molecule has 0 amide bonds. The third-order valence-corrected chi connectivity index (χ3v) is 7.68. The number of hydrogen-bond donors (Lipinski definition) is 0. The standard InChI is InChI=1S/C21H22ClN3O4S/c1-14-9-11-25(12-10-14)30(26,27)19-13-15(7-8-17(19)22)20-23-24-21(29-20)16-5-3-4-6-18(16)28-2/h3-8,13-14H,9-12H2,1-2H3. The number of nitrogens with zero attached hydrogens (tertiary/aromatic N) is 3. The maximum atomic E-state index is 13.2. The number of aromatic nitrogens is 2. The first kappa shape index (κ1) is 20.8. The van der Waals surface area contributed by atoms with Gasteiger partial charge < -0.3 is 9.15 Å². The number of para-hydroxylation sites is 1. The minimum absolute atomic E-state index is 0.0493. The van der Waals surface area contributed by atoms with Crippen LogP contribution < -0.4 is 4.74 Å². The second-order valence-electron chi connectivity index (χ2n) is 7.34. The monoisotopic (exact) mass is 447 g/mol. The van der Waals surface area contributed by atoms with Gasteiger partial charge in [-0.3, -0.25) is 0 Å². The highest BCUT2D eigenvalue weighted by atomic mass is 35.5. The minimum atomic E-state index is -3.71. The highest BCUT2D eigenvalue weighted by molar-refractivity contribution is 7.89. The van der Waals surface area contributed by atoms with E-state index < -0.39 is 10.0 Å². The molecular formula is C21H22ClN3O4S. The van der Waals surface area contributed by atoms with E-state index in [2.05, 4.69) is 17.1 Å². The Bertz CT molecular complexity index is 1150. The maximum absolute atomic E-state index is 13.2. The van der Waals surface area contributed by atoms with E-state index in [1.165, 1.54) is 10.4 Å². The highest BCUT2D eigenvalue weighted by Crippen LogP contribution is 2.34. The van der Waals surface area contributed by atoms with Crippen LogP contribution in [0.4, 0.5) is 0 Å². The van der Waals surface area contributed by atoms with Gasteiger partial charge >= 0.3 is 0 Å². The van der Waals surface area contributed by atoms with Crippen LogP contribution in [0.15, 0.2) is 51.8 Å². The summed E-state index contributed by atoms with van der Waals surface area (Å²) in [7, 11) is -2.15. The van der Waals surface area contributed by atoms with Gasteiger partial charge in [-0.25, -0.2) is 8.42 Å². The van der Waals surface area contributed by atoms with Crippen molar-refractivity contribution in [2.45, 2.75) is 24.7 Å². The zero-order valence-corrected chi connectivity index (χ0v) is 18.3. The summed E-state index contributed by atoms with van der Waals surface area (Å²) in [6, 6.07) is 12.0. The first-order chi connectivity index (χ1) is 14.4. The van der Waals surface area contributed by atoms with Crippen LogP contribution in [0.25, 0.3) is 22.9 Å². The summed E-state index contributed by atoms with van der Waals surface area (Å²) in [4.78, 5) is 0.0493. The molecule has 1 aromatic heterocycles. The Morgan fingerprint density at radius 3 is 2.53 bits per heavy atom. The van der Waals surface area contributed by atoms with Crippen LogP contribution in [-0.2, 0) is 10.0 Å². The van der Waals surface area contributed by atoms with Crippen LogP contribution in [-0.4, -0.2) is 43.1 Å². The van der Waals surface area contributed by atoms with Crippen LogP contribution in [0.5, 0.6) is 5.75 Å². The quantitative estimate of drug-likeness (QED) is 0.573. The molecule has 7 nitrogen and oxygen atoms in total. The van der Waals surface area contributed by atoms with Gasteiger partial charge in [-0.1, -0.05) is 30.7 Å². The molecule has 0 bridgehead atoms. The van der Waals surface area contributed by atoms with E-state index in [0.717, 1.165) is 12.8 Å². The van der Waals surface area contributed by atoms with E-state index in [0.29, 0.717) is 35.9 Å². The molecule has 0 unspecified atom stereocenters. The number of halogens is 1. The van der Waals surface area contributed by atoms with Crippen molar-refractivity contribution in [3.8, 4) is 28.7 Å². The average molecular weight is 448 g/mol. The Labute approximate surface area is 180 Å². The molecule has 3 aromatic rings. The molecule has 1 fully saturated rings. The molecular weight excluding hydrogens is 426 g/mol. The fourth-order valence-corrected chi connectivity index (χ4v) is 5.44. The summed E-state index contributed by atoms with van der Waals surface area (Å²) in [5.74, 6) is 1.61. The topological polar surface area (TPSA) is 85.5 Å². The summed E-state index contributed by atoms with van der Waals surface area (Å²) in [5, 5.41) is 8.35. The van der Waals surface area contributed by atoms with Crippen LogP contribution in [0.1, 0.15) is 19.8 Å². The molecule has 0 saturated carbocycles. The number of methoxy groups -OCH3 is 1. The van der Waals surface area contributed by atoms with E-state index in [9.17, 15) is 8.42 Å². The molecule has 0 radical (unpaired) electrons. The molecule has 0 atom stereocenters. The van der Waals surface area contributed by atoms with Crippen molar-refractivity contribution in [3.63, 3.8) is 0 Å². The summed E-state index contributed by atoms with van der Waals surface area (Å²) < 4.78 is 39.0. The van der Waals surface area contributed by atoms with Gasteiger partial charge in [0.25, 0.3) is 5.89 Å². The summed E-state index contributed by atoms with van der Waals surface area (Å²) in [6.45, 7) is 3.11. The average Bonchev–Trinajstić information content (AvgIpc) is 3.24. The predicted octanol–water partition coefficient (Wildman–Crippen LogP) is 4.49. The van der Waals surface area contributed by atoms with Gasteiger partial charge in [0.1, 0.15) is 10.6 Å². The van der Waals surface area contributed by atoms with Crippen molar-refractivity contribution in [2.24, 2.45) is 5.92 Å². The molecule has 4 rings (SSSR count). The second-order valence-corrected chi connectivity index (χ2v) is 9.66. The Balaban J connectivity index is 1.68. The fourth-order valence-electron chi connectivity index (χ4n) is 3.47. The minimum Gasteiger partial charge on any atom is -0.496 e. The van der Waals surface area contributed by atoms with Gasteiger partial charge in [-0.15, -0.1) is 10.2 Å². The predicted molar refractivity (Wildman–Crippen MR) is 114 cm³/mol. The van der Waals surface area contributed by atoms with Gasteiger partial charge in [0, 0.05) is 18.7 Å². The SMILES string of the molecule is COc1ccccc1-c1nnc(-c2ccc(Cl)c(S(=O)(=O)N3CCC(C)CC3)c2)o1. The first-order valence-electron chi connectivity index (χ1n) is 9.67. The van der Waals surface area contributed by atoms with E-state index in [1.54, 1.807) is 25.3 Å². The number of benzene rings is 2. The Kier molecular flexibility index (Phi) is 5.81. The van der Waals surface area contributed by atoms with Gasteiger partial charge in [-0.2, -0.15) is 4.31 Å². The lowest BCUT2D eigenvalue weighted by Gasteiger charge is -2.29. The van der Waals surface area contributed by atoms with Crippen LogP contribution in [0, 0.1) is 5.92 Å². The highest BCUT2D eigenvalue weighted by Gasteiger charge is 2.30. The van der Waals surface area contributed by atoms with Crippen molar-refractivity contribution in [1.82, 2.24) is 14.5 Å². The molecule has 0 N–H and O–H groups in total. The first-order valence-corrected chi connectivity index (χ1v) is 11.5. The van der Waals surface area contributed by atoms with Crippen molar-refractivity contribution in [1.29, 1.82) is 0 Å². The van der Waals surface area contributed by atoms with Gasteiger partial charge in [-0.05, 0) is 49.1 Å². The summed E-state index contributed by atoms with van der Waals surface area (Å²) in [5.41, 5.74) is 1.14. The van der Waals surface area contributed by atoms with Gasteiger partial charge in [0.2, 0.25) is 15.9 Å². The number of ether oxygens (including phenoxy) is 1. The van der Waals surface area contributed by atoms with Crippen molar-refractivity contribution >= 4 is 21.6 Å². The lowest BCUT2D eigenvalue weighted by atomic mass is 10.0. The third kappa shape index (κ3) is 3.95. The Morgan fingerprint density at radius 2 is 1.80 bits per heavy atom. The number of sulfonamides is 1. The number of piperidine rings is 1. The molecule has 2 aromatic carbocycles. The molecule has 1 aliphatic heterocycles. The maximum Gasteiger partial charge on any atom is 0.251 e. The lowest BCUT2D eigenvalue weighted by Crippen LogP contribution is -2.38. The lowest BCUT2D eigenvalue weighted by molar-refractivity contribution is 0.288. The Hall–Kier alpha value is -2.42. The largest absolute Gasteiger partial charge is 0.496 e. The van der Waals surface area contributed by atoms with Crippen LogP contribution >= 0.6 is 11.6 Å².